The fourth-order valence-corrected chi connectivity index (χ4v) is 2.49. The maximum absolute atomic E-state index is 12.5. The number of rotatable bonds is 9. The summed E-state index contributed by atoms with van der Waals surface area (Å²) in [6.07, 6.45) is 0. The molecule has 1 N–H and O–H groups in total. The highest BCUT2D eigenvalue weighted by molar-refractivity contribution is 5.95. The Labute approximate surface area is 154 Å². The van der Waals surface area contributed by atoms with Crippen molar-refractivity contribution in [3.05, 3.63) is 53.6 Å². The van der Waals surface area contributed by atoms with E-state index < -0.39 is 0 Å². The van der Waals surface area contributed by atoms with Crippen molar-refractivity contribution in [3.63, 3.8) is 0 Å². The highest BCUT2D eigenvalue weighted by Gasteiger charge is 2.18. The Bertz CT molecular complexity index is 692. The van der Waals surface area contributed by atoms with E-state index in [1.807, 2.05) is 37.3 Å². The second-order valence-corrected chi connectivity index (χ2v) is 5.79. The molecule has 140 valence electrons. The average molecular weight is 359 g/mol. The van der Waals surface area contributed by atoms with E-state index >= 15 is 0 Å². The Morgan fingerprint density at radius 3 is 2.15 bits per heavy atom. The van der Waals surface area contributed by atoms with E-state index in [-0.39, 0.29) is 11.9 Å². The molecule has 26 heavy (non-hydrogen) atoms. The van der Waals surface area contributed by atoms with Crippen molar-refractivity contribution in [2.75, 3.05) is 27.9 Å². The van der Waals surface area contributed by atoms with Gasteiger partial charge in [0, 0.05) is 11.6 Å². The highest BCUT2D eigenvalue weighted by atomic mass is 16.5. The van der Waals surface area contributed by atoms with Gasteiger partial charge in [-0.05, 0) is 24.6 Å². The van der Waals surface area contributed by atoms with Gasteiger partial charge in [-0.3, -0.25) is 4.79 Å². The van der Waals surface area contributed by atoms with Crippen LogP contribution < -0.4 is 19.5 Å². The van der Waals surface area contributed by atoms with Gasteiger partial charge in [-0.2, -0.15) is 0 Å². The van der Waals surface area contributed by atoms with E-state index in [1.165, 1.54) is 21.3 Å². The Hall–Kier alpha value is -2.73. The third kappa shape index (κ3) is 5.13. The van der Waals surface area contributed by atoms with Crippen LogP contribution in [0.5, 0.6) is 17.2 Å². The molecule has 0 aliphatic carbocycles. The maximum Gasteiger partial charge on any atom is 0.251 e. The first-order valence-electron chi connectivity index (χ1n) is 8.31. The van der Waals surface area contributed by atoms with Crippen LogP contribution in [0.4, 0.5) is 0 Å². The molecule has 6 heteroatoms. The van der Waals surface area contributed by atoms with Crippen molar-refractivity contribution < 1.29 is 23.7 Å². The molecule has 0 fully saturated rings. The van der Waals surface area contributed by atoms with Gasteiger partial charge in [0.15, 0.2) is 11.5 Å². The minimum atomic E-state index is -0.236. The first kappa shape index (κ1) is 19.6. The molecule has 1 atom stereocenters. The predicted octanol–water partition coefficient (Wildman–Crippen LogP) is 3.05. The molecule has 2 aromatic carbocycles. The van der Waals surface area contributed by atoms with Crippen molar-refractivity contribution in [2.45, 2.75) is 19.6 Å². The zero-order chi connectivity index (χ0) is 18.9. The number of hydrogen-bond acceptors (Lipinski definition) is 5. The van der Waals surface area contributed by atoms with E-state index in [1.54, 1.807) is 12.1 Å². The quantitative estimate of drug-likeness (QED) is 0.745. The summed E-state index contributed by atoms with van der Waals surface area (Å²) < 4.78 is 21.5. The molecule has 0 aliphatic rings. The fraction of sp³-hybridized carbons (Fsp3) is 0.350. The van der Waals surface area contributed by atoms with E-state index in [4.69, 9.17) is 18.9 Å². The topological polar surface area (TPSA) is 66.0 Å². The molecule has 0 saturated carbocycles. The second-order valence-electron chi connectivity index (χ2n) is 5.79. The van der Waals surface area contributed by atoms with Crippen LogP contribution in [0.25, 0.3) is 0 Å². The van der Waals surface area contributed by atoms with Crippen molar-refractivity contribution >= 4 is 5.91 Å². The minimum Gasteiger partial charge on any atom is -0.493 e. The zero-order valence-electron chi connectivity index (χ0n) is 15.6. The van der Waals surface area contributed by atoms with Gasteiger partial charge in [0.1, 0.15) is 0 Å². The lowest BCUT2D eigenvalue weighted by Crippen LogP contribution is -2.35. The number of carbonyl (C=O) groups excluding carboxylic acids is 1. The van der Waals surface area contributed by atoms with Gasteiger partial charge >= 0.3 is 0 Å². The van der Waals surface area contributed by atoms with Gasteiger partial charge in [-0.25, -0.2) is 0 Å². The third-order valence-electron chi connectivity index (χ3n) is 3.78. The molecule has 0 aromatic heterocycles. The van der Waals surface area contributed by atoms with Gasteiger partial charge in [0.05, 0.1) is 34.5 Å². The molecule has 0 spiro atoms. The molecule has 6 nitrogen and oxygen atoms in total. The zero-order valence-corrected chi connectivity index (χ0v) is 15.6. The number of hydrogen-bond donors (Lipinski definition) is 1. The van der Waals surface area contributed by atoms with Crippen LogP contribution in [0.15, 0.2) is 42.5 Å². The molecule has 0 bridgehead atoms. The molecule has 0 saturated heterocycles. The number of amides is 1. The molecule has 2 aromatic rings. The standard InChI is InChI=1S/C20H25NO5/c1-14(12-26-13-15-8-6-5-7-9-15)21-20(22)16-10-17(23-2)19(25-4)18(11-16)24-3/h5-11,14H,12-13H2,1-4H3,(H,21,22). The summed E-state index contributed by atoms with van der Waals surface area (Å²) in [5, 5.41) is 2.91. The average Bonchev–Trinajstić information content (AvgIpc) is 2.67. The van der Waals surface area contributed by atoms with E-state index in [0.29, 0.717) is 36.0 Å². The van der Waals surface area contributed by atoms with Gasteiger partial charge in [-0.1, -0.05) is 30.3 Å². The summed E-state index contributed by atoms with van der Waals surface area (Å²) in [5.74, 6) is 1.08. The summed E-state index contributed by atoms with van der Waals surface area (Å²) in [6, 6.07) is 13.0. The summed E-state index contributed by atoms with van der Waals surface area (Å²) in [4.78, 5) is 12.5. The summed E-state index contributed by atoms with van der Waals surface area (Å²) in [6.45, 7) is 2.80. The number of benzene rings is 2. The Balaban J connectivity index is 1.95. The van der Waals surface area contributed by atoms with Gasteiger partial charge in [0.2, 0.25) is 5.75 Å². The molecule has 2 rings (SSSR count). The number of nitrogens with one attached hydrogen (secondary N) is 1. The van der Waals surface area contributed by atoms with E-state index in [0.717, 1.165) is 5.56 Å². The molecule has 0 aliphatic heterocycles. The van der Waals surface area contributed by atoms with Crippen LogP contribution in [0.2, 0.25) is 0 Å². The summed E-state index contributed by atoms with van der Waals surface area (Å²) in [5.41, 5.74) is 1.52. The summed E-state index contributed by atoms with van der Waals surface area (Å²) in [7, 11) is 4.55. The summed E-state index contributed by atoms with van der Waals surface area (Å²) >= 11 is 0. The highest BCUT2D eigenvalue weighted by Crippen LogP contribution is 2.38. The Morgan fingerprint density at radius 2 is 1.62 bits per heavy atom. The fourth-order valence-electron chi connectivity index (χ4n) is 2.49. The number of methoxy groups -OCH3 is 3. The molecule has 0 radical (unpaired) electrons. The van der Waals surface area contributed by atoms with Gasteiger partial charge in [0.25, 0.3) is 5.91 Å². The molecule has 1 amide bonds. The van der Waals surface area contributed by atoms with Gasteiger partial charge < -0.3 is 24.3 Å². The lowest BCUT2D eigenvalue weighted by Gasteiger charge is -2.17. The smallest absolute Gasteiger partial charge is 0.251 e. The van der Waals surface area contributed by atoms with Crippen molar-refractivity contribution in [1.29, 1.82) is 0 Å². The lowest BCUT2D eigenvalue weighted by atomic mass is 10.1. The third-order valence-corrected chi connectivity index (χ3v) is 3.78. The largest absolute Gasteiger partial charge is 0.493 e. The monoisotopic (exact) mass is 359 g/mol. The van der Waals surface area contributed by atoms with E-state index in [2.05, 4.69) is 5.32 Å². The number of carbonyl (C=O) groups is 1. The van der Waals surface area contributed by atoms with Crippen molar-refractivity contribution in [3.8, 4) is 17.2 Å². The van der Waals surface area contributed by atoms with Crippen LogP contribution in [0.3, 0.4) is 0 Å². The van der Waals surface area contributed by atoms with Crippen molar-refractivity contribution in [2.24, 2.45) is 0 Å². The lowest BCUT2D eigenvalue weighted by molar-refractivity contribution is 0.0820. The molecule has 1 unspecified atom stereocenters. The Kier molecular flexibility index (Phi) is 7.29. The molecular formula is C20H25NO5. The maximum atomic E-state index is 12.5. The van der Waals surface area contributed by atoms with Crippen LogP contribution in [0.1, 0.15) is 22.8 Å². The van der Waals surface area contributed by atoms with E-state index in [9.17, 15) is 4.79 Å². The normalized spacial score (nSPS) is 11.5. The predicted molar refractivity (Wildman–Crippen MR) is 99.1 cm³/mol. The van der Waals surface area contributed by atoms with Crippen LogP contribution in [-0.4, -0.2) is 39.9 Å². The number of ether oxygens (including phenoxy) is 4. The second kappa shape index (κ2) is 9.68. The van der Waals surface area contributed by atoms with Crippen molar-refractivity contribution in [1.82, 2.24) is 5.32 Å². The Morgan fingerprint density at radius 1 is 1.00 bits per heavy atom. The van der Waals surface area contributed by atoms with Gasteiger partial charge in [-0.15, -0.1) is 0 Å². The first-order valence-corrected chi connectivity index (χ1v) is 8.31. The van der Waals surface area contributed by atoms with Crippen LogP contribution in [-0.2, 0) is 11.3 Å². The van der Waals surface area contributed by atoms with Crippen LogP contribution >= 0.6 is 0 Å². The minimum absolute atomic E-state index is 0.148. The van der Waals surface area contributed by atoms with Crippen LogP contribution in [0, 0.1) is 0 Å². The first-order chi connectivity index (χ1) is 12.6. The molecule has 0 heterocycles. The SMILES string of the molecule is COc1cc(C(=O)NC(C)COCc2ccccc2)cc(OC)c1OC. The molecular weight excluding hydrogens is 334 g/mol.